The molecule has 2 spiro atoms. The topological polar surface area (TPSA) is 108 Å². The lowest BCUT2D eigenvalue weighted by atomic mass is 9.32. The first-order valence-electron chi connectivity index (χ1n) is 21.6. The van der Waals surface area contributed by atoms with Gasteiger partial charge in [-0.05, 0) is 115 Å². The molecule has 0 saturated heterocycles. The van der Waals surface area contributed by atoms with Crippen molar-refractivity contribution in [2.75, 3.05) is 19.0 Å². The zero-order valence-corrected chi connectivity index (χ0v) is 35.3. The van der Waals surface area contributed by atoms with Crippen molar-refractivity contribution in [2.24, 2.45) is 33.5 Å². The zero-order valence-electron chi connectivity index (χ0n) is 35.3. The third-order valence-corrected chi connectivity index (χ3v) is 15.8. The predicted octanol–water partition coefficient (Wildman–Crippen LogP) is 10.8. The fourth-order valence-corrected chi connectivity index (χ4v) is 12.6. The molecule has 1 unspecified atom stereocenters. The van der Waals surface area contributed by atoms with Gasteiger partial charge in [0.05, 0.1) is 25.4 Å². The average molecular weight is 847 g/mol. The maximum absolute atomic E-state index is 15.2. The molecule has 8 atom stereocenters. The molecular formula is C51H53F3N2O6. The van der Waals surface area contributed by atoms with Crippen LogP contribution in [-0.2, 0) is 6.54 Å². The molecule has 2 bridgehead atoms. The minimum absolute atomic E-state index is 0.00343. The van der Waals surface area contributed by atoms with Gasteiger partial charge in [-0.15, -0.1) is 13.2 Å². The number of allylic oxidation sites excluding steroid dienone is 4. The number of amides is 2. The van der Waals surface area contributed by atoms with Crippen LogP contribution in [0.5, 0.6) is 11.5 Å². The first kappa shape index (κ1) is 41.9. The fourth-order valence-electron chi connectivity index (χ4n) is 12.6. The Bertz CT molecular complexity index is 2400. The number of nitrogens with zero attached hydrogens (tertiary/aromatic N) is 1. The number of urea groups is 1. The zero-order chi connectivity index (χ0) is 43.7. The molecule has 0 aromatic heterocycles. The number of aliphatic hydroxyl groups excluding tert-OH is 1. The van der Waals surface area contributed by atoms with Gasteiger partial charge in [-0.25, -0.2) is 4.79 Å². The van der Waals surface area contributed by atoms with Crippen LogP contribution in [0.4, 0.5) is 23.7 Å². The van der Waals surface area contributed by atoms with Gasteiger partial charge in [0.1, 0.15) is 11.5 Å². The summed E-state index contributed by atoms with van der Waals surface area (Å²) in [7, 11) is 1.55. The van der Waals surface area contributed by atoms with E-state index in [1.807, 2.05) is 54.6 Å². The van der Waals surface area contributed by atoms with Crippen molar-refractivity contribution < 1.29 is 42.4 Å². The summed E-state index contributed by atoms with van der Waals surface area (Å²) in [5.41, 5.74) is 0.864. The number of carbonyl (C=O) groups excluding carboxylic acids is 2. The van der Waals surface area contributed by atoms with Crippen LogP contribution in [0.25, 0.3) is 11.1 Å². The van der Waals surface area contributed by atoms with E-state index in [0.29, 0.717) is 54.7 Å². The molecule has 6 aliphatic carbocycles. The summed E-state index contributed by atoms with van der Waals surface area (Å²) < 4.78 is 48.4. The second kappa shape index (κ2) is 15.2. The lowest BCUT2D eigenvalue weighted by Gasteiger charge is -2.71. The first-order chi connectivity index (χ1) is 29.5. The molecule has 3 fully saturated rings. The molecular weight excluding hydrogens is 794 g/mol. The monoisotopic (exact) mass is 846 g/mol. The smallest absolute Gasteiger partial charge is 0.497 e. The number of hydrogen-bond acceptors (Lipinski definition) is 6. The highest BCUT2D eigenvalue weighted by Crippen LogP contribution is 2.78. The van der Waals surface area contributed by atoms with Crippen LogP contribution >= 0.6 is 0 Å². The number of ketones is 1. The summed E-state index contributed by atoms with van der Waals surface area (Å²) in [6.45, 7) is 4.39. The molecule has 324 valence electrons. The van der Waals surface area contributed by atoms with E-state index in [1.54, 1.807) is 31.4 Å². The maximum Gasteiger partial charge on any atom is 0.573 e. The van der Waals surface area contributed by atoms with Gasteiger partial charge in [0.25, 0.3) is 0 Å². The number of nitrogens with one attached hydrogen (secondary N) is 1. The van der Waals surface area contributed by atoms with E-state index in [-0.39, 0.29) is 41.9 Å². The van der Waals surface area contributed by atoms with Crippen LogP contribution < -0.4 is 14.8 Å². The number of Topliss-reactive ketones (excluding diaryl/α,β-unsaturated/α-hetero) is 1. The van der Waals surface area contributed by atoms with Gasteiger partial charge in [-0.1, -0.05) is 98.8 Å². The van der Waals surface area contributed by atoms with E-state index in [9.17, 15) is 28.2 Å². The van der Waals surface area contributed by atoms with Gasteiger partial charge in [0.15, 0.2) is 5.78 Å². The van der Waals surface area contributed by atoms with Crippen LogP contribution in [0, 0.1) is 33.5 Å². The van der Waals surface area contributed by atoms with E-state index < -0.39 is 40.3 Å². The van der Waals surface area contributed by atoms with Crippen molar-refractivity contribution in [3.63, 3.8) is 0 Å². The highest BCUT2D eigenvalue weighted by Gasteiger charge is 2.74. The average Bonchev–Trinajstić information content (AvgIpc) is 3.53. The minimum Gasteiger partial charge on any atom is -0.497 e. The quantitative estimate of drug-likeness (QED) is 0.108. The number of methoxy groups -OCH3 is 1. The Kier molecular flexibility index (Phi) is 10.3. The van der Waals surface area contributed by atoms with Crippen molar-refractivity contribution in [1.29, 1.82) is 0 Å². The lowest BCUT2D eigenvalue weighted by Crippen LogP contribution is -2.67. The third-order valence-electron chi connectivity index (χ3n) is 15.8. The number of halogens is 3. The normalized spacial score (nSPS) is 31.9. The number of anilines is 1. The van der Waals surface area contributed by atoms with Gasteiger partial charge in [0.2, 0.25) is 0 Å². The van der Waals surface area contributed by atoms with Gasteiger partial charge in [-0.3, -0.25) is 4.79 Å². The number of fused-ring (bicyclic) bond motifs is 1. The summed E-state index contributed by atoms with van der Waals surface area (Å²) in [5, 5.41) is 27.3. The summed E-state index contributed by atoms with van der Waals surface area (Å²) in [4.78, 5) is 31.1. The molecule has 11 heteroatoms. The van der Waals surface area contributed by atoms with Crippen LogP contribution in [0.1, 0.15) is 74.7 Å². The molecule has 4 aromatic carbocycles. The summed E-state index contributed by atoms with van der Waals surface area (Å²) >= 11 is 0. The van der Waals surface area contributed by atoms with Crippen molar-refractivity contribution in [3.05, 3.63) is 138 Å². The first-order valence-corrected chi connectivity index (χ1v) is 21.6. The molecule has 4 aromatic rings. The van der Waals surface area contributed by atoms with Crippen LogP contribution in [0.3, 0.4) is 0 Å². The summed E-state index contributed by atoms with van der Waals surface area (Å²) in [6.07, 6.45) is 5.83. The van der Waals surface area contributed by atoms with Gasteiger partial charge in [-0.2, -0.15) is 0 Å². The SMILES string of the molecule is COc1ccc(NC(=O)N(Cc2ccc(OC(F)(F)F)cc2)C[C@]2(O)CC[C@H]3[C@]45C=C[C@@]6(C=C4C(=O)c4ccc(-c7ccccc7)cc4)CC(O)CC[C@]6(C)[C@H]5CC[C@@]32C)cc1. The Balaban J connectivity index is 1.07. The van der Waals surface area contributed by atoms with Gasteiger partial charge < -0.3 is 29.9 Å². The molecule has 3 N–H and O–H groups in total. The minimum atomic E-state index is -4.85. The molecule has 0 aliphatic heterocycles. The largest absolute Gasteiger partial charge is 0.573 e. The van der Waals surface area contributed by atoms with E-state index in [1.165, 1.54) is 29.2 Å². The van der Waals surface area contributed by atoms with Gasteiger partial charge >= 0.3 is 12.4 Å². The number of ether oxygens (including phenoxy) is 2. The molecule has 0 heterocycles. The number of hydrogen-bond donors (Lipinski definition) is 3. The van der Waals surface area contributed by atoms with E-state index >= 15 is 4.79 Å². The highest BCUT2D eigenvalue weighted by molar-refractivity contribution is 6.10. The standard InChI is InChI=1S/C51H53F3N2O6/c1-46-24-21-38(57)29-48(46)27-28-50(41(30-48)44(58)36-13-11-35(12-14-36)34-7-5-4-6-8-34)42(46)22-25-47(2)43(50)23-26-49(47,60)32-56(45(59)55-37-15-19-39(61-3)20-16-37)31-33-9-17-40(18-10-33)62-51(52,53)54/h4-20,27-28,30,38,42-43,57,60H,21-26,29,31-32H2,1-3H3,(H,55,59)/t38?,42-,43-,46-,47+,48+,49-,50-/m1/s1. The summed E-state index contributed by atoms with van der Waals surface area (Å²) in [5.74, 6) is 0.105. The Hall–Kier alpha value is -5.39. The molecule has 0 radical (unpaired) electrons. The number of benzene rings is 4. The second-order valence-corrected chi connectivity index (χ2v) is 18.8. The van der Waals surface area contributed by atoms with Crippen molar-refractivity contribution in [2.45, 2.75) is 83.4 Å². The number of rotatable bonds is 10. The van der Waals surface area contributed by atoms with Gasteiger partial charge in [0, 0.05) is 39.6 Å². The van der Waals surface area contributed by atoms with E-state index in [2.05, 4.69) is 42.1 Å². The molecule has 2 amide bonds. The predicted molar refractivity (Wildman–Crippen MR) is 230 cm³/mol. The Labute approximate surface area is 360 Å². The van der Waals surface area contributed by atoms with Crippen LogP contribution in [0.15, 0.2) is 127 Å². The Morgan fingerprint density at radius 3 is 2.10 bits per heavy atom. The molecule has 62 heavy (non-hydrogen) atoms. The number of carbonyl (C=O) groups is 2. The number of alkyl halides is 3. The Morgan fingerprint density at radius 1 is 0.790 bits per heavy atom. The molecule has 6 aliphatic rings. The van der Waals surface area contributed by atoms with Crippen LogP contribution in [-0.4, -0.2) is 58.6 Å². The van der Waals surface area contributed by atoms with Crippen LogP contribution in [0.2, 0.25) is 0 Å². The third kappa shape index (κ3) is 6.83. The molecule has 10 rings (SSSR count). The second-order valence-electron chi connectivity index (χ2n) is 18.8. The van der Waals surface area contributed by atoms with Crippen molar-refractivity contribution in [3.8, 4) is 22.6 Å². The van der Waals surface area contributed by atoms with E-state index in [0.717, 1.165) is 29.5 Å². The van der Waals surface area contributed by atoms with Crippen molar-refractivity contribution in [1.82, 2.24) is 4.90 Å². The summed E-state index contributed by atoms with van der Waals surface area (Å²) in [6, 6.07) is 29.6. The highest BCUT2D eigenvalue weighted by atomic mass is 19.4. The Morgan fingerprint density at radius 2 is 1.42 bits per heavy atom. The maximum atomic E-state index is 15.2. The lowest BCUT2D eigenvalue weighted by molar-refractivity contribution is -0.274. The molecule has 3 saturated carbocycles. The number of aliphatic hydroxyl groups is 2. The molecule has 8 nitrogen and oxygen atoms in total. The van der Waals surface area contributed by atoms with Crippen molar-refractivity contribution >= 4 is 17.5 Å². The van der Waals surface area contributed by atoms with E-state index in [4.69, 9.17) is 4.74 Å². The fraction of sp³-hybridized carbons (Fsp3) is 0.412.